The minimum Gasteiger partial charge on any atom is -0.339 e. The van der Waals surface area contributed by atoms with Crippen LogP contribution in [0.5, 0.6) is 0 Å². The van der Waals surface area contributed by atoms with Crippen LogP contribution < -0.4 is 11.2 Å². The van der Waals surface area contributed by atoms with Crippen LogP contribution in [0.4, 0.5) is 0 Å². The fraction of sp³-hybridized carbons (Fsp3) is 0.529. The number of hydrogen-bond acceptors (Lipinski definition) is 4. The van der Waals surface area contributed by atoms with Crippen LogP contribution in [0.1, 0.15) is 49.4 Å². The second kappa shape index (κ2) is 6.98. The average molecular weight is 330 g/mol. The van der Waals surface area contributed by atoms with Crippen molar-refractivity contribution in [3.63, 3.8) is 0 Å². The van der Waals surface area contributed by atoms with Crippen LogP contribution in [-0.2, 0) is 0 Å². The fourth-order valence-electron chi connectivity index (χ4n) is 3.41. The molecule has 1 aliphatic heterocycles. The van der Waals surface area contributed by atoms with Gasteiger partial charge in [0.2, 0.25) is 0 Å². The van der Waals surface area contributed by atoms with Crippen molar-refractivity contribution in [1.82, 2.24) is 19.9 Å². The molecular weight excluding hydrogens is 308 g/mol. The lowest BCUT2D eigenvalue weighted by molar-refractivity contribution is 0.0759. The predicted molar refractivity (Wildman–Crippen MR) is 91.1 cm³/mol. The Balaban J connectivity index is 1.83. The van der Waals surface area contributed by atoms with Crippen molar-refractivity contribution < 1.29 is 4.79 Å². The summed E-state index contributed by atoms with van der Waals surface area (Å²) in [6.07, 6.45) is 7.00. The zero-order valence-corrected chi connectivity index (χ0v) is 13.8. The normalized spacial score (nSPS) is 18.5. The molecule has 1 aliphatic rings. The average Bonchev–Trinajstić information content (AvgIpc) is 2.80. The number of amides is 1. The summed E-state index contributed by atoms with van der Waals surface area (Å²) in [6, 6.07) is 1.51. The lowest BCUT2D eigenvalue weighted by Gasteiger charge is -2.20. The van der Waals surface area contributed by atoms with Gasteiger partial charge < -0.3 is 4.90 Å². The molecule has 7 heteroatoms. The summed E-state index contributed by atoms with van der Waals surface area (Å²) in [5, 5.41) is 0.221. The summed E-state index contributed by atoms with van der Waals surface area (Å²) in [5.41, 5.74) is -0.559. The molecule has 0 aliphatic carbocycles. The molecule has 1 unspecified atom stereocenters. The Kier molecular flexibility index (Phi) is 4.78. The van der Waals surface area contributed by atoms with Gasteiger partial charge in [0.25, 0.3) is 11.5 Å². The first-order chi connectivity index (χ1) is 11.6. The Hall–Kier alpha value is -2.44. The van der Waals surface area contributed by atoms with Crippen molar-refractivity contribution in [2.45, 2.75) is 39.0 Å². The number of pyridine rings is 1. The van der Waals surface area contributed by atoms with Gasteiger partial charge in [0.1, 0.15) is 5.65 Å². The second-order valence-electron chi connectivity index (χ2n) is 6.41. The van der Waals surface area contributed by atoms with Crippen molar-refractivity contribution in [3.8, 4) is 0 Å². The largest absolute Gasteiger partial charge is 0.339 e. The third kappa shape index (κ3) is 3.39. The summed E-state index contributed by atoms with van der Waals surface area (Å²) < 4.78 is 0. The summed E-state index contributed by atoms with van der Waals surface area (Å²) in [4.78, 5) is 46.4. The first kappa shape index (κ1) is 16.4. The SMILES string of the molecule is CCCC1CCCN(C(=O)c2cnc3[nH]c(=O)[nH]c(=O)c3c2)CC1. The number of carbonyl (C=O) groups is 1. The molecule has 1 saturated heterocycles. The Bertz CT molecular complexity index is 855. The number of rotatable bonds is 3. The number of fused-ring (bicyclic) bond motifs is 1. The van der Waals surface area contributed by atoms with Crippen LogP contribution in [-0.4, -0.2) is 38.8 Å². The van der Waals surface area contributed by atoms with E-state index < -0.39 is 11.2 Å². The lowest BCUT2D eigenvalue weighted by Crippen LogP contribution is -2.32. The van der Waals surface area contributed by atoms with Gasteiger partial charge in [-0.1, -0.05) is 19.8 Å². The van der Waals surface area contributed by atoms with E-state index in [1.54, 1.807) is 0 Å². The third-order valence-corrected chi connectivity index (χ3v) is 4.67. The number of H-pyrrole nitrogens is 2. The predicted octanol–water partition coefficient (Wildman–Crippen LogP) is 1.65. The molecule has 1 atom stereocenters. The first-order valence-corrected chi connectivity index (χ1v) is 8.50. The highest BCUT2D eigenvalue weighted by atomic mass is 16.2. The number of nitrogens with zero attached hydrogens (tertiary/aromatic N) is 2. The van der Waals surface area contributed by atoms with Gasteiger partial charge >= 0.3 is 5.69 Å². The van der Waals surface area contributed by atoms with Crippen LogP contribution in [0.15, 0.2) is 21.9 Å². The molecule has 1 fully saturated rings. The minimum absolute atomic E-state index is 0.104. The first-order valence-electron chi connectivity index (χ1n) is 8.50. The van der Waals surface area contributed by atoms with E-state index in [4.69, 9.17) is 0 Å². The van der Waals surface area contributed by atoms with Crippen molar-refractivity contribution in [2.24, 2.45) is 5.92 Å². The molecule has 1 amide bonds. The summed E-state index contributed by atoms with van der Waals surface area (Å²) in [6.45, 7) is 3.67. The Morgan fingerprint density at radius 2 is 2.12 bits per heavy atom. The van der Waals surface area contributed by atoms with Crippen molar-refractivity contribution >= 4 is 16.9 Å². The van der Waals surface area contributed by atoms with E-state index >= 15 is 0 Å². The van der Waals surface area contributed by atoms with Crippen molar-refractivity contribution in [1.29, 1.82) is 0 Å². The molecule has 2 N–H and O–H groups in total. The number of likely N-dealkylation sites (tertiary alicyclic amines) is 1. The van der Waals surface area contributed by atoms with Crippen molar-refractivity contribution in [2.75, 3.05) is 13.1 Å². The van der Waals surface area contributed by atoms with E-state index in [1.807, 2.05) is 4.90 Å². The molecule has 24 heavy (non-hydrogen) atoms. The van der Waals surface area contributed by atoms with Gasteiger partial charge in [-0.05, 0) is 31.2 Å². The number of carbonyl (C=O) groups excluding carboxylic acids is 1. The van der Waals surface area contributed by atoms with Gasteiger partial charge in [-0.15, -0.1) is 0 Å². The quantitative estimate of drug-likeness (QED) is 0.894. The van der Waals surface area contributed by atoms with Gasteiger partial charge in [0.15, 0.2) is 0 Å². The second-order valence-corrected chi connectivity index (χ2v) is 6.41. The molecule has 0 radical (unpaired) electrons. The van der Waals surface area contributed by atoms with Crippen LogP contribution >= 0.6 is 0 Å². The summed E-state index contributed by atoms with van der Waals surface area (Å²) in [7, 11) is 0. The minimum atomic E-state index is -0.603. The summed E-state index contributed by atoms with van der Waals surface area (Å²) >= 11 is 0. The molecule has 3 heterocycles. The highest BCUT2D eigenvalue weighted by Gasteiger charge is 2.22. The monoisotopic (exact) mass is 330 g/mol. The number of aromatic nitrogens is 3. The third-order valence-electron chi connectivity index (χ3n) is 4.67. The van der Waals surface area contributed by atoms with Crippen LogP contribution in [0.2, 0.25) is 0 Å². The molecule has 0 saturated carbocycles. The maximum atomic E-state index is 12.7. The van der Waals surface area contributed by atoms with Crippen LogP contribution in [0.25, 0.3) is 11.0 Å². The van der Waals surface area contributed by atoms with Gasteiger partial charge in [-0.2, -0.15) is 0 Å². The lowest BCUT2D eigenvalue weighted by atomic mass is 9.96. The molecular formula is C17H22N4O3. The van der Waals surface area contributed by atoms with Gasteiger partial charge in [-0.3, -0.25) is 19.6 Å². The Morgan fingerprint density at radius 3 is 2.92 bits per heavy atom. The highest BCUT2D eigenvalue weighted by molar-refractivity contribution is 5.96. The Morgan fingerprint density at radius 1 is 1.29 bits per heavy atom. The van der Waals surface area contributed by atoms with Gasteiger partial charge in [0.05, 0.1) is 10.9 Å². The van der Waals surface area contributed by atoms with Gasteiger partial charge in [-0.25, -0.2) is 9.78 Å². The zero-order chi connectivity index (χ0) is 17.1. The molecule has 0 bridgehead atoms. The van der Waals surface area contributed by atoms with E-state index in [-0.39, 0.29) is 16.9 Å². The molecule has 0 aromatic carbocycles. The molecule has 7 nitrogen and oxygen atoms in total. The zero-order valence-electron chi connectivity index (χ0n) is 13.8. The molecule has 0 spiro atoms. The molecule has 2 aromatic rings. The molecule has 3 rings (SSSR count). The van der Waals surface area contributed by atoms with Crippen molar-refractivity contribution in [3.05, 3.63) is 38.7 Å². The van der Waals surface area contributed by atoms with Gasteiger partial charge in [0, 0.05) is 19.3 Å². The van der Waals surface area contributed by atoms with E-state index in [1.165, 1.54) is 25.1 Å². The fourth-order valence-corrected chi connectivity index (χ4v) is 3.41. The number of aromatic amines is 2. The van der Waals surface area contributed by atoms with Crippen LogP contribution in [0.3, 0.4) is 0 Å². The maximum Gasteiger partial charge on any atom is 0.327 e. The highest BCUT2D eigenvalue weighted by Crippen LogP contribution is 2.23. The molecule has 2 aromatic heterocycles. The van der Waals surface area contributed by atoms with E-state index in [0.717, 1.165) is 32.4 Å². The standard InChI is InChI=1S/C17H22N4O3/c1-2-4-11-5-3-7-21(8-6-11)16(23)12-9-13-14(18-10-12)19-17(24)20-15(13)22/h9-11H,2-8H2,1H3,(H2,18,19,20,22,24). The topological polar surface area (TPSA) is 98.9 Å². The summed E-state index contributed by atoms with van der Waals surface area (Å²) in [5.74, 6) is 0.586. The number of hydrogen-bond donors (Lipinski definition) is 2. The maximum absolute atomic E-state index is 12.7. The van der Waals surface area contributed by atoms with Crippen LogP contribution in [0, 0.1) is 5.92 Å². The number of nitrogens with one attached hydrogen (secondary N) is 2. The smallest absolute Gasteiger partial charge is 0.327 e. The molecule has 128 valence electrons. The van der Waals surface area contributed by atoms with E-state index in [9.17, 15) is 14.4 Å². The van der Waals surface area contributed by atoms with E-state index in [0.29, 0.717) is 11.5 Å². The van der Waals surface area contributed by atoms with E-state index in [2.05, 4.69) is 21.9 Å². The Labute approximate surface area is 139 Å².